The van der Waals surface area contributed by atoms with Gasteiger partial charge < -0.3 is 10.6 Å². The van der Waals surface area contributed by atoms with E-state index in [4.69, 9.17) is 5.73 Å². The second-order valence-electron chi connectivity index (χ2n) is 5.10. The van der Waals surface area contributed by atoms with Crippen molar-refractivity contribution in [3.63, 3.8) is 0 Å². The van der Waals surface area contributed by atoms with Gasteiger partial charge in [0.05, 0.1) is 10.3 Å². The summed E-state index contributed by atoms with van der Waals surface area (Å²) in [5.41, 5.74) is 5.75. The Morgan fingerprint density at radius 2 is 2.40 bits per heavy atom. The minimum absolute atomic E-state index is 0.101. The van der Waals surface area contributed by atoms with Crippen molar-refractivity contribution in [1.82, 2.24) is 9.97 Å². The molecular formula is C12H15N5O2S. The third-order valence-electron chi connectivity index (χ3n) is 3.74. The maximum absolute atomic E-state index is 10.9. The number of hydrogen-bond donors (Lipinski definition) is 1. The molecule has 2 N–H and O–H groups in total. The van der Waals surface area contributed by atoms with Crippen molar-refractivity contribution >= 4 is 32.4 Å². The third-order valence-corrected chi connectivity index (χ3v) is 4.74. The van der Waals surface area contributed by atoms with E-state index in [0.29, 0.717) is 23.3 Å². The minimum atomic E-state index is -0.383. The van der Waals surface area contributed by atoms with E-state index in [0.717, 1.165) is 35.5 Å². The molecule has 0 amide bonds. The Kier molecular flexibility index (Phi) is 3.27. The molecule has 8 heteroatoms. The lowest BCUT2D eigenvalue weighted by Gasteiger charge is -2.22. The van der Waals surface area contributed by atoms with Gasteiger partial charge in [-0.15, -0.1) is 0 Å². The van der Waals surface area contributed by atoms with Crippen LogP contribution in [0.5, 0.6) is 0 Å². The summed E-state index contributed by atoms with van der Waals surface area (Å²) in [4.78, 5) is 21.8. The largest absolute Gasteiger partial charge is 0.353 e. The maximum Gasteiger partial charge on any atom is 0.326 e. The standard InChI is InChI=1S/C12H15N5O2S/c1-7-2-8(4-13)5-16(7)11-9-3-10(17(18)19)20-12(9)15-6-14-11/h3,6-8H,2,4-5,13H2,1H3. The highest BCUT2D eigenvalue weighted by molar-refractivity contribution is 7.21. The Hall–Kier alpha value is -1.80. The molecule has 2 aromatic rings. The Balaban J connectivity index is 2.05. The molecule has 0 saturated carbocycles. The predicted octanol–water partition coefficient (Wildman–Crippen LogP) is 1.77. The lowest BCUT2D eigenvalue weighted by Crippen LogP contribution is -2.28. The molecule has 1 saturated heterocycles. The van der Waals surface area contributed by atoms with Crippen LogP contribution in [0.4, 0.5) is 10.8 Å². The molecule has 2 aromatic heterocycles. The second kappa shape index (κ2) is 4.95. The number of nitro groups is 1. The quantitative estimate of drug-likeness (QED) is 0.684. The number of hydrogen-bond acceptors (Lipinski definition) is 7. The average Bonchev–Trinajstić information content (AvgIpc) is 3.01. The van der Waals surface area contributed by atoms with Gasteiger partial charge in [-0.3, -0.25) is 10.1 Å². The van der Waals surface area contributed by atoms with Crippen LogP contribution in [0.15, 0.2) is 12.4 Å². The molecule has 2 atom stereocenters. The van der Waals surface area contributed by atoms with E-state index in [-0.39, 0.29) is 9.92 Å². The molecule has 0 aliphatic carbocycles. The Morgan fingerprint density at radius 1 is 1.60 bits per heavy atom. The fourth-order valence-corrected chi connectivity index (χ4v) is 3.57. The van der Waals surface area contributed by atoms with E-state index in [1.54, 1.807) is 6.07 Å². The van der Waals surface area contributed by atoms with Crippen molar-refractivity contribution in [2.24, 2.45) is 11.7 Å². The highest BCUT2D eigenvalue weighted by Crippen LogP contribution is 2.37. The van der Waals surface area contributed by atoms with Gasteiger partial charge in [0.2, 0.25) is 0 Å². The van der Waals surface area contributed by atoms with Gasteiger partial charge in [0.25, 0.3) is 0 Å². The molecule has 106 valence electrons. The summed E-state index contributed by atoms with van der Waals surface area (Å²) >= 11 is 1.08. The lowest BCUT2D eigenvalue weighted by molar-refractivity contribution is -0.380. The topological polar surface area (TPSA) is 98.2 Å². The summed E-state index contributed by atoms with van der Waals surface area (Å²) in [5.74, 6) is 1.23. The fourth-order valence-electron chi connectivity index (χ4n) is 2.76. The summed E-state index contributed by atoms with van der Waals surface area (Å²) in [7, 11) is 0. The van der Waals surface area contributed by atoms with Gasteiger partial charge in [-0.05, 0) is 37.1 Å². The van der Waals surface area contributed by atoms with Crippen molar-refractivity contribution < 1.29 is 4.92 Å². The monoisotopic (exact) mass is 293 g/mol. The van der Waals surface area contributed by atoms with Crippen LogP contribution in [0.1, 0.15) is 13.3 Å². The summed E-state index contributed by atoms with van der Waals surface area (Å²) in [6, 6.07) is 1.90. The van der Waals surface area contributed by atoms with Crippen LogP contribution in [0.25, 0.3) is 10.2 Å². The smallest absolute Gasteiger partial charge is 0.326 e. The fraction of sp³-hybridized carbons (Fsp3) is 0.500. The van der Waals surface area contributed by atoms with Crippen LogP contribution in [0, 0.1) is 16.0 Å². The normalized spacial score (nSPS) is 22.6. The molecule has 3 rings (SSSR count). The van der Waals surface area contributed by atoms with Crippen molar-refractivity contribution in [3.05, 3.63) is 22.5 Å². The van der Waals surface area contributed by atoms with Crippen LogP contribution in [0.3, 0.4) is 0 Å². The summed E-state index contributed by atoms with van der Waals surface area (Å²) in [6.07, 6.45) is 2.49. The van der Waals surface area contributed by atoms with Crippen molar-refractivity contribution in [1.29, 1.82) is 0 Å². The molecule has 0 aromatic carbocycles. The molecule has 20 heavy (non-hydrogen) atoms. The van der Waals surface area contributed by atoms with Crippen LogP contribution in [-0.2, 0) is 0 Å². The van der Waals surface area contributed by atoms with Gasteiger partial charge in [0.15, 0.2) is 0 Å². The molecule has 1 aliphatic rings. The molecule has 2 unspecified atom stereocenters. The van der Waals surface area contributed by atoms with Crippen LogP contribution in [-0.4, -0.2) is 34.0 Å². The van der Waals surface area contributed by atoms with E-state index >= 15 is 0 Å². The zero-order valence-electron chi connectivity index (χ0n) is 11.0. The summed E-state index contributed by atoms with van der Waals surface area (Å²) in [6.45, 7) is 3.62. The van der Waals surface area contributed by atoms with E-state index in [1.165, 1.54) is 6.33 Å². The lowest BCUT2D eigenvalue weighted by atomic mass is 10.1. The van der Waals surface area contributed by atoms with Crippen LogP contribution in [0.2, 0.25) is 0 Å². The van der Waals surface area contributed by atoms with E-state index in [1.807, 2.05) is 0 Å². The van der Waals surface area contributed by atoms with Crippen LogP contribution < -0.4 is 10.6 Å². The van der Waals surface area contributed by atoms with Gasteiger partial charge in [-0.25, -0.2) is 9.97 Å². The summed E-state index contributed by atoms with van der Waals surface area (Å²) < 4.78 is 0. The van der Waals surface area contributed by atoms with Crippen molar-refractivity contribution in [3.8, 4) is 0 Å². The van der Waals surface area contributed by atoms with Crippen LogP contribution >= 0.6 is 11.3 Å². The number of thiophene rings is 1. The molecule has 7 nitrogen and oxygen atoms in total. The highest BCUT2D eigenvalue weighted by atomic mass is 32.1. The Labute approximate surface area is 119 Å². The zero-order valence-corrected chi connectivity index (χ0v) is 11.8. The predicted molar refractivity (Wildman–Crippen MR) is 78.0 cm³/mol. The minimum Gasteiger partial charge on any atom is -0.353 e. The first-order valence-corrected chi connectivity index (χ1v) is 7.27. The van der Waals surface area contributed by atoms with Crippen molar-refractivity contribution in [2.45, 2.75) is 19.4 Å². The molecule has 1 aliphatic heterocycles. The molecular weight excluding hydrogens is 278 g/mol. The van der Waals surface area contributed by atoms with Gasteiger partial charge in [-0.2, -0.15) is 0 Å². The number of rotatable bonds is 3. The van der Waals surface area contributed by atoms with Gasteiger partial charge >= 0.3 is 5.00 Å². The Morgan fingerprint density at radius 3 is 3.05 bits per heavy atom. The first kappa shape index (κ1) is 13.2. The van der Waals surface area contributed by atoms with E-state index < -0.39 is 0 Å². The molecule has 0 bridgehead atoms. The zero-order chi connectivity index (χ0) is 14.3. The molecule has 0 spiro atoms. The molecule has 3 heterocycles. The SMILES string of the molecule is CC1CC(CN)CN1c1ncnc2sc([N+](=O)[O-])cc12. The summed E-state index contributed by atoms with van der Waals surface area (Å²) in [5, 5.41) is 11.8. The molecule has 0 radical (unpaired) electrons. The van der Waals surface area contributed by atoms with Gasteiger partial charge in [-0.1, -0.05) is 0 Å². The van der Waals surface area contributed by atoms with Crippen molar-refractivity contribution in [2.75, 3.05) is 18.0 Å². The first-order chi connectivity index (χ1) is 9.60. The van der Waals surface area contributed by atoms with Gasteiger partial charge in [0, 0.05) is 18.7 Å². The second-order valence-corrected chi connectivity index (χ2v) is 6.11. The third kappa shape index (κ3) is 2.10. The van der Waals surface area contributed by atoms with E-state index in [2.05, 4.69) is 21.8 Å². The molecule has 1 fully saturated rings. The number of anilines is 1. The van der Waals surface area contributed by atoms with Gasteiger partial charge in [0.1, 0.15) is 17.0 Å². The van der Waals surface area contributed by atoms with E-state index in [9.17, 15) is 10.1 Å². The number of aromatic nitrogens is 2. The first-order valence-electron chi connectivity index (χ1n) is 6.45. The average molecular weight is 293 g/mol. The highest BCUT2D eigenvalue weighted by Gasteiger charge is 2.31. The number of nitrogens with zero attached hydrogens (tertiary/aromatic N) is 4. The number of nitrogens with two attached hydrogens (primary N) is 1. The maximum atomic E-state index is 10.9. The Bertz CT molecular complexity index is 658. The number of fused-ring (bicyclic) bond motifs is 1.